The summed E-state index contributed by atoms with van der Waals surface area (Å²) in [4.78, 5) is 0.0502. The second-order valence-electron chi connectivity index (χ2n) is 5.33. The molecule has 1 unspecified atom stereocenters. The zero-order valence-electron chi connectivity index (χ0n) is 13.2. The van der Waals surface area contributed by atoms with Crippen LogP contribution in [0.2, 0.25) is 0 Å². The van der Waals surface area contributed by atoms with Crippen LogP contribution < -0.4 is 5.32 Å². The Hall–Kier alpha value is -0.980. The van der Waals surface area contributed by atoms with Gasteiger partial charge in [-0.1, -0.05) is 33.3 Å². The van der Waals surface area contributed by atoms with E-state index >= 15 is 0 Å². The molecule has 21 heavy (non-hydrogen) atoms. The highest BCUT2D eigenvalue weighted by molar-refractivity contribution is 7.89. The summed E-state index contributed by atoms with van der Waals surface area (Å²) in [5.74, 6) is -0.277. The standard InChI is InChI=1S/C15H25FN2O2S/c1-5-12(3)11-18(4)21(19,20)15-9-14(16)8-7-13(15)10-17-6-2/h7-9,12,17H,5-6,10-11H2,1-4H3. The molecule has 1 N–H and O–H groups in total. The fourth-order valence-electron chi connectivity index (χ4n) is 2.01. The number of nitrogens with one attached hydrogen (secondary N) is 1. The van der Waals surface area contributed by atoms with Gasteiger partial charge in [-0.3, -0.25) is 0 Å². The lowest BCUT2D eigenvalue weighted by Crippen LogP contribution is -2.32. The summed E-state index contributed by atoms with van der Waals surface area (Å²) in [6, 6.07) is 3.93. The fraction of sp³-hybridized carbons (Fsp3) is 0.600. The normalized spacial score (nSPS) is 13.6. The van der Waals surface area contributed by atoms with Crippen molar-refractivity contribution < 1.29 is 12.8 Å². The summed E-state index contributed by atoms with van der Waals surface area (Å²) in [5, 5.41) is 3.08. The van der Waals surface area contributed by atoms with Crippen LogP contribution in [-0.4, -0.2) is 32.9 Å². The van der Waals surface area contributed by atoms with Gasteiger partial charge in [0, 0.05) is 20.1 Å². The third kappa shape index (κ3) is 4.76. The van der Waals surface area contributed by atoms with Crippen LogP contribution in [0.25, 0.3) is 0 Å². The first-order chi connectivity index (χ1) is 9.82. The highest BCUT2D eigenvalue weighted by Gasteiger charge is 2.25. The topological polar surface area (TPSA) is 49.4 Å². The molecule has 0 spiro atoms. The molecule has 1 atom stereocenters. The van der Waals surface area contributed by atoms with Gasteiger partial charge in [-0.05, 0) is 30.2 Å². The molecule has 0 saturated carbocycles. The summed E-state index contributed by atoms with van der Waals surface area (Å²) in [7, 11) is -2.13. The number of nitrogens with zero attached hydrogens (tertiary/aromatic N) is 1. The molecule has 0 aliphatic rings. The zero-order valence-corrected chi connectivity index (χ0v) is 14.0. The first kappa shape index (κ1) is 18.1. The van der Waals surface area contributed by atoms with Gasteiger partial charge in [0.15, 0.2) is 0 Å². The van der Waals surface area contributed by atoms with Crippen molar-refractivity contribution in [3.05, 3.63) is 29.6 Å². The number of sulfonamides is 1. The molecule has 6 heteroatoms. The lowest BCUT2D eigenvalue weighted by Gasteiger charge is -2.22. The summed E-state index contributed by atoms with van der Waals surface area (Å²) in [5.41, 5.74) is 0.592. The van der Waals surface area contributed by atoms with E-state index in [4.69, 9.17) is 0 Å². The van der Waals surface area contributed by atoms with Gasteiger partial charge in [-0.25, -0.2) is 17.1 Å². The van der Waals surface area contributed by atoms with Gasteiger partial charge in [-0.2, -0.15) is 0 Å². The van der Waals surface area contributed by atoms with Crippen LogP contribution in [-0.2, 0) is 16.6 Å². The third-order valence-electron chi connectivity index (χ3n) is 3.55. The smallest absolute Gasteiger partial charge is 0.243 e. The van der Waals surface area contributed by atoms with E-state index in [9.17, 15) is 12.8 Å². The van der Waals surface area contributed by atoms with Crippen LogP contribution in [0.5, 0.6) is 0 Å². The van der Waals surface area contributed by atoms with Gasteiger partial charge >= 0.3 is 0 Å². The van der Waals surface area contributed by atoms with Crippen molar-refractivity contribution in [1.82, 2.24) is 9.62 Å². The Morgan fingerprint density at radius 2 is 2.00 bits per heavy atom. The maximum atomic E-state index is 13.5. The van der Waals surface area contributed by atoms with E-state index in [-0.39, 0.29) is 10.8 Å². The van der Waals surface area contributed by atoms with Crippen LogP contribution in [0.15, 0.2) is 23.1 Å². The molecule has 1 aromatic rings. The molecule has 0 fully saturated rings. The van der Waals surface area contributed by atoms with Gasteiger partial charge in [0.1, 0.15) is 5.82 Å². The van der Waals surface area contributed by atoms with E-state index in [0.29, 0.717) is 18.7 Å². The molecule has 120 valence electrons. The maximum Gasteiger partial charge on any atom is 0.243 e. The number of rotatable bonds is 8. The van der Waals surface area contributed by atoms with E-state index in [2.05, 4.69) is 5.32 Å². The third-order valence-corrected chi connectivity index (χ3v) is 5.45. The molecule has 0 saturated heterocycles. The Balaban J connectivity index is 3.13. The Morgan fingerprint density at radius 3 is 2.57 bits per heavy atom. The molecule has 4 nitrogen and oxygen atoms in total. The second-order valence-corrected chi connectivity index (χ2v) is 7.34. The Labute approximate surface area is 127 Å². The lowest BCUT2D eigenvalue weighted by atomic mass is 10.1. The fourth-order valence-corrected chi connectivity index (χ4v) is 3.53. The number of hydrogen-bond acceptors (Lipinski definition) is 3. The van der Waals surface area contributed by atoms with E-state index in [0.717, 1.165) is 19.0 Å². The largest absolute Gasteiger partial charge is 0.313 e. The van der Waals surface area contributed by atoms with Gasteiger partial charge in [0.05, 0.1) is 4.90 Å². The van der Waals surface area contributed by atoms with E-state index < -0.39 is 15.8 Å². The van der Waals surface area contributed by atoms with Crippen LogP contribution in [0, 0.1) is 11.7 Å². The molecular weight excluding hydrogens is 291 g/mol. The summed E-state index contributed by atoms with van der Waals surface area (Å²) < 4.78 is 40.1. The molecule has 0 bridgehead atoms. The average molecular weight is 316 g/mol. The summed E-state index contributed by atoms with van der Waals surface area (Å²) in [6.45, 7) is 7.51. The Bertz CT molecular complexity index is 561. The Morgan fingerprint density at radius 1 is 1.33 bits per heavy atom. The molecule has 0 radical (unpaired) electrons. The average Bonchev–Trinajstić information content (AvgIpc) is 2.45. The SMILES string of the molecule is CCNCc1ccc(F)cc1S(=O)(=O)N(C)CC(C)CC. The van der Waals surface area contributed by atoms with Crippen molar-refractivity contribution in [3.63, 3.8) is 0 Å². The van der Waals surface area contributed by atoms with Gasteiger partial charge in [0.25, 0.3) is 0 Å². The molecule has 0 heterocycles. The molecule has 1 aromatic carbocycles. The molecule has 0 aromatic heterocycles. The lowest BCUT2D eigenvalue weighted by molar-refractivity contribution is 0.393. The predicted octanol–water partition coefficient (Wildman–Crippen LogP) is 2.60. The zero-order chi connectivity index (χ0) is 16.0. The van der Waals surface area contributed by atoms with Gasteiger partial charge in [0.2, 0.25) is 10.0 Å². The van der Waals surface area contributed by atoms with Crippen molar-refractivity contribution in [3.8, 4) is 0 Å². The first-order valence-corrected chi connectivity index (χ1v) is 8.72. The van der Waals surface area contributed by atoms with Crippen molar-refractivity contribution in [2.24, 2.45) is 5.92 Å². The summed E-state index contributed by atoms with van der Waals surface area (Å²) in [6.07, 6.45) is 0.896. The minimum absolute atomic E-state index is 0.0502. The van der Waals surface area contributed by atoms with Crippen molar-refractivity contribution in [2.45, 2.75) is 38.6 Å². The highest BCUT2D eigenvalue weighted by Crippen LogP contribution is 2.22. The molecule has 0 aliphatic carbocycles. The first-order valence-electron chi connectivity index (χ1n) is 7.28. The minimum atomic E-state index is -3.67. The molecular formula is C15H25FN2O2S. The molecule has 0 amide bonds. The number of halogens is 1. The van der Waals surface area contributed by atoms with Crippen molar-refractivity contribution >= 4 is 10.0 Å². The second kappa shape index (κ2) is 7.87. The van der Waals surface area contributed by atoms with Gasteiger partial charge in [-0.15, -0.1) is 0 Å². The van der Waals surface area contributed by atoms with E-state index in [1.807, 2.05) is 20.8 Å². The van der Waals surface area contributed by atoms with E-state index in [1.54, 1.807) is 7.05 Å². The maximum absolute atomic E-state index is 13.5. The van der Waals surface area contributed by atoms with Crippen LogP contribution >= 0.6 is 0 Å². The van der Waals surface area contributed by atoms with Crippen LogP contribution in [0.4, 0.5) is 4.39 Å². The van der Waals surface area contributed by atoms with Crippen molar-refractivity contribution in [2.75, 3.05) is 20.1 Å². The van der Waals surface area contributed by atoms with Crippen molar-refractivity contribution in [1.29, 1.82) is 0 Å². The molecule has 1 rings (SSSR count). The Kier molecular flexibility index (Phi) is 6.77. The summed E-state index contributed by atoms with van der Waals surface area (Å²) >= 11 is 0. The minimum Gasteiger partial charge on any atom is -0.313 e. The quantitative estimate of drug-likeness (QED) is 0.802. The number of hydrogen-bond donors (Lipinski definition) is 1. The monoisotopic (exact) mass is 316 g/mol. The highest BCUT2D eigenvalue weighted by atomic mass is 32.2. The molecule has 0 aliphatic heterocycles. The number of benzene rings is 1. The van der Waals surface area contributed by atoms with Crippen LogP contribution in [0.3, 0.4) is 0 Å². The van der Waals surface area contributed by atoms with E-state index in [1.165, 1.54) is 16.4 Å². The predicted molar refractivity (Wildman–Crippen MR) is 83.1 cm³/mol. The van der Waals surface area contributed by atoms with Gasteiger partial charge < -0.3 is 5.32 Å². The van der Waals surface area contributed by atoms with Crippen LogP contribution in [0.1, 0.15) is 32.8 Å².